The lowest BCUT2D eigenvalue weighted by Crippen LogP contribution is -2.46. The van der Waals surface area contributed by atoms with Gasteiger partial charge in [-0.25, -0.2) is 5.43 Å². The molecule has 250 valence electrons. The number of rotatable bonds is 25. The maximum Gasteiger partial charge on any atom is 0.0834 e. The van der Waals surface area contributed by atoms with E-state index in [0.717, 1.165) is 41.9 Å². The molecule has 0 amide bonds. The summed E-state index contributed by atoms with van der Waals surface area (Å²) in [6, 6.07) is 9.13. The first kappa shape index (κ1) is 40.5. The van der Waals surface area contributed by atoms with Gasteiger partial charge in [-0.3, -0.25) is 5.84 Å². The Hall–Kier alpha value is 0.280. The molecule has 0 aromatic heterocycles. The van der Waals surface area contributed by atoms with Gasteiger partial charge in [-0.05, 0) is 68.0 Å². The van der Waals surface area contributed by atoms with Crippen molar-refractivity contribution >= 4 is 63.7 Å². The second-order valence-corrected chi connectivity index (χ2v) is 16.4. The monoisotopic (exact) mass is 860 g/mol. The largest absolute Gasteiger partial charge is 0.270 e. The van der Waals surface area contributed by atoms with Gasteiger partial charge in [0.25, 0.3) is 0 Å². The molecule has 2 nitrogen and oxygen atoms in total. The first-order valence-electron chi connectivity index (χ1n) is 17.7. The predicted octanol–water partition coefficient (Wildman–Crippen LogP) is 14.4. The number of hydrogen-bond acceptors (Lipinski definition) is 2. The molecular weight excluding hydrogens is 804 g/mol. The normalized spacial score (nSPS) is 11.9. The van der Waals surface area contributed by atoms with E-state index in [1.165, 1.54) is 140 Å². The first-order valence-corrected chi connectivity index (χ1v) is 20.9. The lowest BCUT2D eigenvalue weighted by Gasteiger charge is -2.34. The van der Waals surface area contributed by atoms with Crippen LogP contribution in [0.15, 0.2) is 42.2 Å². The molecule has 0 bridgehead atoms. The minimum Gasteiger partial charge on any atom is -0.270 e. The number of hydrogen-bond donors (Lipinski definition) is 2. The molecule has 2 aromatic rings. The van der Waals surface area contributed by atoms with Crippen LogP contribution in [-0.4, -0.2) is 0 Å². The van der Waals surface area contributed by atoms with Crippen molar-refractivity contribution in [3.05, 3.63) is 64.4 Å². The van der Waals surface area contributed by atoms with E-state index >= 15 is 0 Å². The van der Waals surface area contributed by atoms with Crippen LogP contribution in [0.2, 0.25) is 0 Å². The Balaban J connectivity index is 1.93. The van der Waals surface area contributed by atoms with Gasteiger partial charge in [0.2, 0.25) is 0 Å². The van der Waals surface area contributed by atoms with Crippen LogP contribution < -0.4 is 11.3 Å². The van der Waals surface area contributed by atoms with Crippen LogP contribution in [-0.2, 0) is 18.4 Å². The quantitative estimate of drug-likeness (QED) is 0.0593. The molecule has 0 aliphatic carbocycles. The minimum absolute atomic E-state index is 0.610. The van der Waals surface area contributed by atoms with Crippen molar-refractivity contribution in [3.8, 4) is 0 Å². The van der Waals surface area contributed by atoms with E-state index in [9.17, 15) is 0 Å². The highest BCUT2D eigenvalue weighted by atomic mass is 79.9. The molecule has 0 radical (unpaired) electrons. The number of aryl methyl sites for hydroxylation is 2. The fourth-order valence-electron chi connectivity index (χ4n) is 6.40. The molecular formula is C38H60Br4N2. The third kappa shape index (κ3) is 14.2. The van der Waals surface area contributed by atoms with Gasteiger partial charge < -0.3 is 0 Å². The lowest BCUT2D eigenvalue weighted by molar-refractivity contribution is 0.444. The maximum atomic E-state index is 6.33. The van der Waals surface area contributed by atoms with Crippen molar-refractivity contribution in [2.45, 2.75) is 168 Å². The average Bonchev–Trinajstić information content (AvgIpc) is 2.98. The molecule has 44 heavy (non-hydrogen) atoms. The van der Waals surface area contributed by atoms with Crippen LogP contribution in [0, 0.1) is 0 Å². The van der Waals surface area contributed by atoms with Crippen molar-refractivity contribution in [1.82, 2.24) is 5.43 Å². The van der Waals surface area contributed by atoms with Crippen LogP contribution in [0.25, 0.3) is 0 Å². The summed E-state index contributed by atoms with van der Waals surface area (Å²) in [6.07, 6.45) is 29.4. The van der Waals surface area contributed by atoms with E-state index in [4.69, 9.17) is 5.84 Å². The summed E-state index contributed by atoms with van der Waals surface area (Å²) in [7, 11) is 0. The van der Waals surface area contributed by atoms with Gasteiger partial charge in [-0.15, -0.1) is 0 Å². The second kappa shape index (κ2) is 23.6. The molecule has 0 aliphatic heterocycles. The van der Waals surface area contributed by atoms with Crippen LogP contribution in [0.1, 0.15) is 171 Å². The second-order valence-electron chi connectivity index (χ2n) is 13.0. The van der Waals surface area contributed by atoms with Gasteiger partial charge in [0.15, 0.2) is 0 Å². The van der Waals surface area contributed by atoms with E-state index in [1.54, 1.807) is 0 Å². The predicted molar refractivity (Wildman–Crippen MR) is 209 cm³/mol. The molecule has 0 saturated carbocycles. The molecule has 0 unspecified atom stereocenters. The summed E-state index contributed by atoms with van der Waals surface area (Å²) < 4.78 is 4.29. The van der Waals surface area contributed by atoms with Gasteiger partial charge in [0, 0.05) is 29.0 Å². The Morgan fingerprint density at radius 2 is 0.727 bits per heavy atom. The highest BCUT2D eigenvalue weighted by Crippen LogP contribution is 2.45. The molecule has 0 fully saturated rings. The van der Waals surface area contributed by atoms with E-state index in [-0.39, 0.29) is 0 Å². The molecule has 6 heteroatoms. The Bertz CT molecular complexity index is 945. The zero-order valence-electron chi connectivity index (χ0n) is 28.0. The number of nitrogens with two attached hydrogens (primary N) is 1. The summed E-state index contributed by atoms with van der Waals surface area (Å²) in [5.41, 5.74) is 7.49. The van der Waals surface area contributed by atoms with Gasteiger partial charge in [0.05, 0.1) is 5.54 Å². The average molecular weight is 865 g/mol. The van der Waals surface area contributed by atoms with E-state index < -0.39 is 5.54 Å². The number of unbranched alkanes of at least 4 members (excludes halogenated alkanes) is 18. The lowest BCUT2D eigenvalue weighted by atomic mass is 9.84. The standard InChI is InChI=1S/C38H60Br4N2/c1-4-6-8-10-12-14-16-18-20-22-24-30-26-32(39)36(33(40)27-30)38(3,44-43)37-34(41)28-31(29-35(37)42)25-23-21-19-17-15-13-11-9-7-5-2/h26-29,44H,4-25,43H2,1-3H3. The Labute approximate surface area is 304 Å². The van der Waals surface area contributed by atoms with Crippen LogP contribution in [0.5, 0.6) is 0 Å². The van der Waals surface area contributed by atoms with E-state index in [0.29, 0.717) is 0 Å². The smallest absolute Gasteiger partial charge is 0.0834 e. The summed E-state index contributed by atoms with van der Waals surface area (Å²) in [5, 5.41) is 0. The Kier molecular flexibility index (Phi) is 21.7. The van der Waals surface area contributed by atoms with Crippen LogP contribution in [0.3, 0.4) is 0 Å². The molecule has 3 N–H and O–H groups in total. The Morgan fingerprint density at radius 1 is 0.477 bits per heavy atom. The number of benzene rings is 2. The first-order chi connectivity index (χ1) is 21.3. The van der Waals surface area contributed by atoms with Gasteiger partial charge >= 0.3 is 0 Å². The maximum absolute atomic E-state index is 6.33. The third-order valence-electron chi connectivity index (χ3n) is 9.13. The molecule has 0 atom stereocenters. The van der Waals surface area contributed by atoms with Crippen molar-refractivity contribution < 1.29 is 0 Å². The minimum atomic E-state index is -0.610. The molecule has 0 spiro atoms. The third-order valence-corrected chi connectivity index (χ3v) is 11.6. The highest BCUT2D eigenvalue weighted by Gasteiger charge is 2.35. The van der Waals surface area contributed by atoms with Crippen LogP contribution >= 0.6 is 63.7 Å². The molecule has 0 saturated heterocycles. The van der Waals surface area contributed by atoms with Crippen molar-refractivity contribution in [3.63, 3.8) is 0 Å². The van der Waals surface area contributed by atoms with Crippen LogP contribution in [0.4, 0.5) is 0 Å². The summed E-state index contributed by atoms with van der Waals surface area (Å²) in [5.74, 6) is 6.33. The van der Waals surface area contributed by atoms with Crippen molar-refractivity contribution in [2.75, 3.05) is 0 Å². The van der Waals surface area contributed by atoms with Gasteiger partial charge in [0.1, 0.15) is 0 Å². The molecule has 2 rings (SSSR count). The van der Waals surface area contributed by atoms with Crippen molar-refractivity contribution in [2.24, 2.45) is 5.84 Å². The number of nitrogens with one attached hydrogen (secondary N) is 1. The van der Waals surface area contributed by atoms with Gasteiger partial charge in [-0.1, -0.05) is 193 Å². The number of hydrazine groups is 1. The highest BCUT2D eigenvalue weighted by molar-refractivity contribution is 9.11. The SMILES string of the molecule is CCCCCCCCCCCCc1cc(Br)c(C(C)(NN)c2c(Br)cc(CCCCCCCCCCCC)cc2Br)c(Br)c1. The fourth-order valence-corrected chi connectivity index (χ4v) is 10.5. The molecule has 0 heterocycles. The summed E-state index contributed by atoms with van der Waals surface area (Å²) in [6.45, 7) is 6.73. The zero-order chi connectivity index (χ0) is 32.2. The number of halogens is 4. The van der Waals surface area contributed by atoms with Gasteiger partial charge in [-0.2, -0.15) is 0 Å². The fraction of sp³-hybridized carbons (Fsp3) is 0.684. The van der Waals surface area contributed by atoms with Crippen molar-refractivity contribution in [1.29, 1.82) is 0 Å². The van der Waals surface area contributed by atoms with E-state index in [1.807, 2.05) is 0 Å². The summed E-state index contributed by atoms with van der Waals surface area (Å²) in [4.78, 5) is 0. The summed E-state index contributed by atoms with van der Waals surface area (Å²) >= 11 is 15.7. The molecule has 2 aromatic carbocycles. The Morgan fingerprint density at radius 3 is 0.977 bits per heavy atom. The zero-order valence-corrected chi connectivity index (χ0v) is 34.3. The topological polar surface area (TPSA) is 38.0 Å². The molecule has 0 aliphatic rings. The van der Waals surface area contributed by atoms with E-state index in [2.05, 4.69) is 114 Å².